The van der Waals surface area contributed by atoms with Gasteiger partial charge in [-0.1, -0.05) is 30.4 Å². The van der Waals surface area contributed by atoms with Crippen LogP contribution in [-0.4, -0.2) is 47.5 Å². The van der Waals surface area contributed by atoms with Crippen molar-refractivity contribution in [1.29, 1.82) is 0 Å². The maximum Gasteiger partial charge on any atom is 0.251 e. The number of hydrogen-bond donors (Lipinski definition) is 1. The van der Waals surface area contributed by atoms with Gasteiger partial charge >= 0.3 is 0 Å². The average molecular weight is 316 g/mol. The van der Waals surface area contributed by atoms with E-state index in [0.717, 1.165) is 30.6 Å². The molecule has 1 saturated carbocycles. The average Bonchev–Trinajstić information content (AvgIpc) is 3.16. The Bertz CT molecular complexity index is 564. The van der Waals surface area contributed by atoms with Crippen LogP contribution in [0.2, 0.25) is 0 Å². The van der Waals surface area contributed by atoms with Gasteiger partial charge in [0, 0.05) is 36.0 Å². The summed E-state index contributed by atoms with van der Waals surface area (Å²) >= 11 is 1.93. The molecule has 1 heterocycles. The third-order valence-electron chi connectivity index (χ3n) is 4.84. The van der Waals surface area contributed by atoms with Gasteiger partial charge in [-0.3, -0.25) is 9.69 Å². The van der Waals surface area contributed by atoms with Gasteiger partial charge in [0.25, 0.3) is 5.91 Å². The van der Waals surface area contributed by atoms with E-state index < -0.39 is 0 Å². The number of amides is 1. The summed E-state index contributed by atoms with van der Waals surface area (Å²) in [4.78, 5) is 15.1. The van der Waals surface area contributed by atoms with Crippen LogP contribution in [0.15, 0.2) is 36.4 Å². The van der Waals surface area contributed by atoms with Gasteiger partial charge in [0.15, 0.2) is 0 Å². The van der Waals surface area contributed by atoms with Crippen molar-refractivity contribution in [2.24, 2.45) is 0 Å². The van der Waals surface area contributed by atoms with Crippen LogP contribution in [0, 0.1) is 6.92 Å². The van der Waals surface area contributed by atoms with Gasteiger partial charge in [-0.15, -0.1) is 0 Å². The van der Waals surface area contributed by atoms with E-state index in [-0.39, 0.29) is 11.9 Å². The number of rotatable bonds is 4. The molecular formula is C18H24N2OS. The molecule has 3 rings (SSSR count). The molecule has 0 saturated heterocycles. The number of hydrogen-bond acceptors (Lipinski definition) is 3. The van der Waals surface area contributed by atoms with Crippen molar-refractivity contribution in [3.63, 3.8) is 0 Å². The maximum atomic E-state index is 12.6. The zero-order valence-corrected chi connectivity index (χ0v) is 14.1. The third-order valence-corrected chi connectivity index (χ3v) is 5.89. The van der Waals surface area contributed by atoms with Gasteiger partial charge in [0.2, 0.25) is 0 Å². The Hall–Kier alpha value is -1.26. The lowest BCUT2D eigenvalue weighted by molar-refractivity contribution is 0.0913. The normalized spacial score (nSPS) is 28.2. The van der Waals surface area contributed by atoms with Gasteiger partial charge < -0.3 is 5.32 Å². The van der Waals surface area contributed by atoms with Crippen molar-refractivity contribution in [3.05, 3.63) is 47.5 Å². The topological polar surface area (TPSA) is 32.3 Å². The number of carbonyl (C=O) groups is 1. The predicted molar refractivity (Wildman–Crippen MR) is 93.5 cm³/mol. The Labute approximate surface area is 137 Å². The highest BCUT2D eigenvalue weighted by Crippen LogP contribution is 2.33. The number of nitrogens with one attached hydrogen (secondary N) is 1. The molecule has 1 aromatic carbocycles. The fraction of sp³-hybridized carbons (Fsp3) is 0.500. The lowest BCUT2D eigenvalue weighted by atomic mass is 10.1. The summed E-state index contributed by atoms with van der Waals surface area (Å²) in [5.41, 5.74) is 1.84. The molecule has 22 heavy (non-hydrogen) atoms. The minimum Gasteiger partial charge on any atom is -0.348 e. The molecule has 0 bridgehead atoms. The Balaban J connectivity index is 1.71. The summed E-state index contributed by atoms with van der Waals surface area (Å²) in [5.74, 6) is 0.0713. The molecule has 2 aliphatic rings. The van der Waals surface area contributed by atoms with Gasteiger partial charge in [0.05, 0.1) is 0 Å². The minimum atomic E-state index is 0.0713. The fourth-order valence-electron chi connectivity index (χ4n) is 3.56. The first-order valence-electron chi connectivity index (χ1n) is 7.97. The molecule has 1 fully saturated rings. The van der Waals surface area contributed by atoms with Crippen molar-refractivity contribution in [2.75, 3.05) is 19.3 Å². The molecule has 118 valence electrons. The molecule has 1 amide bonds. The van der Waals surface area contributed by atoms with Crippen LogP contribution in [0.4, 0.5) is 0 Å². The zero-order valence-electron chi connectivity index (χ0n) is 13.3. The van der Waals surface area contributed by atoms with E-state index in [9.17, 15) is 4.79 Å². The first-order chi connectivity index (χ1) is 10.7. The Kier molecular flexibility index (Phi) is 4.89. The second kappa shape index (κ2) is 6.88. The van der Waals surface area contributed by atoms with Gasteiger partial charge in [-0.25, -0.2) is 0 Å². The monoisotopic (exact) mass is 316 g/mol. The van der Waals surface area contributed by atoms with Crippen LogP contribution < -0.4 is 5.32 Å². The quantitative estimate of drug-likeness (QED) is 0.867. The van der Waals surface area contributed by atoms with Gasteiger partial charge in [0.1, 0.15) is 0 Å². The number of carbonyl (C=O) groups excluding carboxylic acids is 1. The second-order valence-electron chi connectivity index (χ2n) is 6.22. The van der Waals surface area contributed by atoms with Crippen LogP contribution in [0.1, 0.15) is 28.8 Å². The van der Waals surface area contributed by atoms with E-state index in [1.807, 2.05) is 43.0 Å². The van der Waals surface area contributed by atoms with Crippen LogP contribution in [-0.2, 0) is 0 Å². The summed E-state index contributed by atoms with van der Waals surface area (Å²) in [6.07, 6.45) is 8.87. The van der Waals surface area contributed by atoms with E-state index in [4.69, 9.17) is 0 Å². The smallest absolute Gasteiger partial charge is 0.251 e. The Morgan fingerprint density at radius 2 is 1.95 bits per heavy atom. The lowest BCUT2D eigenvalue weighted by Crippen LogP contribution is -2.48. The van der Waals surface area contributed by atoms with Crippen molar-refractivity contribution >= 4 is 17.7 Å². The van der Waals surface area contributed by atoms with Crippen LogP contribution in [0.5, 0.6) is 0 Å². The lowest BCUT2D eigenvalue weighted by Gasteiger charge is -2.29. The molecule has 1 N–H and O–H groups in total. The van der Waals surface area contributed by atoms with Crippen LogP contribution in [0.25, 0.3) is 0 Å². The molecule has 3 atom stereocenters. The molecule has 0 aromatic heterocycles. The maximum absolute atomic E-state index is 12.6. The Morgan fingerprint density at radius 1 is 1.23 bits per heavy atom. The molecular weight excluding hydrogens is 292 g/mol. The minimum absolute atomic E-state index is 0.0713. The predicted octanol–water partition coefficient (Wildman–Crippen LogP) is 2.86. The molecule has 0 spiro atoms. The first-order valence-corrected chi connectivity index (χ1v) is 9.26. The number of nitrogens with zero attached hydrogens (tertiary/aromatic N) is 1. The van der Waals surface area contributed by atoms with Crippen molar-refractivity contribution in [2.45, 2.75) is 37.1 Å². The fourth-order valence-corrected chi connectivity index (χ4v) is 4.35. The molecule has 4 heteroatoms. The number of benzene rings is 1. The molecule has 0 radical (unpaired) electrons. The summed E-state index contributed by atoms with van der Waals surface area (Å²) in [6.45, 7) is 4.03. The summed E-state index contributed by atoms with van der Waals surface area (Å²) in [5, 5.41) is 3.95. The van der Waals surface area contributed by atoms with E-state index in [2.05, 4.69) is 28.6 Å². The molecule has 3 nitrogen and oxygen atoms in total. The number of aryl methyl sites for hydroxylation is 1. The highest BCUT2D eigenvalue weighted by Gasteiger charge is 2.38. The largest absolute Gasteiger partial charge is 0.348 e. The highest BCUT2D eigenvalue weighted by atomic mass is 32.2. The highest BCUT2D eigenvalue weighted by molar-refractivity contribution is 7.99. The molecule has 3 unspecified atom stereocenters. The molecule has 1 aliphatic heterocycles. The van der Waals surface area contributed by atoms with Gasteiger partial charge in [-0.2, -0.15) is 11.8 Å². The van der Waals surface area contributed by atoms with Crippen molar-refractivity contribution in [3.8, 4) is 0 Å². The van der Waals surface area contributed by atoms with Gasteiger partial charge in [-0.05, 0) is 37.7 Å². The van der Waals surface area contributed by atoms with E-state index in [1.165, 1.54) is 6.42 Å². The standard InChI is InChI=1S/C18H24N2OS/c1-13-7-3-4-8-15(13)18(21)19-16-11-14(22-2)12-17(16)20-9-5-6-10-20/h3-8,14,16-17H,9-12H2,1-2H3,(H,19,21). The number of thioether (sulfide) groups is 1. The SMILES string of the molecule is CSC1CC(NC(=O)c2ccccc2C)C(N2CC=CC2)C1. The van der Waals surface area contributed by atoms with Crippen LogP contribution >= 0.6 is 11.8 Å². The molecule has 1 aromatic rings. The summed E-state index contributed by atoms with van der Waals surface area (Å²) < 4.78 is 0. The second-order valence-corrected chi connectivity index (χ2v) is 7.35. The molecule has 1 aliphatic carbocycles. The Morgan fingerprint density at radius 3 is 2.64 bits per heavy atom. The zero-order chi connectivity index (χ0) is 15.5. The third kappa shape index (κ3) is 3.23. The van der Waals surface area contributed by atoms with E-state index >= 15 is 0 Å². The van der Waals surface area contributed by atoms with Crippen LogP contribution in [0.3, 0.4) is 0 Å². The van der Waals surface area contributed by atoms with E-state index in [0.29, 0.717) is 11.3 Å². The van der Waals surface area contributed by atoms with E-state index in [1.54, 1.807) is 0 Å². The summed E-state index contributed by atoms with van der Waals surface area (Å²) in [7, 11) is 0. The van der Waals surface area contributed by atoms with Crippen molar-refractivity contribution in [1.82, 2.24) is 10.2 Å². The first kappa shape index (κ1) is 15.6. The summed E-state index contributed by atoms with van der Waals surface area (Å²) in [6, 6.07) is 8.53. The van der Waals surface area contributed by atoms with Crippen molar-refractivity contribution < 1.29 is 4.79 Å².